The minimum absolute atomic E-state index is 0.0773. The smallest absolute Gasteiger partial charge is 0.403 e. The van der Waals surface area contributed by atoms with E-state index in [4.69, 9.17) is 34.8 Å². The van der Waals surface area contributed by atoms with Gasteiger partial charge in [0.1, 0.15) is 11.3 Å². The van der Waals surface area contributed by atoms with Gasteiger partial charge in [0.25, 0.3) is 11.5 Å². The first kappa shape index (κ1) is 26.0. The zero-order valence-electron chi connectivity index (χ0n) is 18.3. The van der Waals surface area contributed by atoms with E-state index < -0.39 is 28.9 Å². The van der Waals surface area contributed by atoms with Gasteiger partial charge in [0.15, 0.2) is 0 Å². The summed E-state index contributed by atoms with van der Waals surface area (Å²) in [6.45, 7) is 0.202. The molecule has 0 fully saturated rings. The summed E-state index contributed by atoms with van der Waals surface area (Å²) in [5, 5.41) is 1.61. The second kappa shape index (κ2) is 10.1. The van der Waals surface area contributed by atoms with Crippen molar-refractivity contribution in [1.82, 2.24) is 9.88 Å². The Bertz CT molecular complexity index is 1410. The minimum Gasteiger partial charge on any atom is -0.403 e. The maximum absolute atomic E-state index is 13.6. The van der Waals surface area contributed by atoms with Gasteiger partial charge in [-0.05, 0) is 29.8 Å². The largest absolute Gasteiger partial charge is 0.431 e. The van der Waals surface area contributed by atoms with Crippen LogP contribution in [0, 0.1) is 0 Å². The van der Waals surface area contributed by atoms with Crippen molar-refractivity contribution in [3.63, 3.8) is 0 Å². The van der Waals surface area contributed by atoms with Crippen molar-refractivity contribution in [3.8, 4) is 0 Å². The van der Waals surface area contributed by atoms with Crippen molar-refractivity contribution in [3.05, 3.63) is 97.6 Å². The molecule has 0 saturated heterocycles. The molecule has 1 amide bonds. The molecular formula is C23H18Cl2F3N5O2S. The summed E-state index contributed by atoms with van der Waals surface area (Å²) in [7, 11) is 0. The lowest BCUT2D eigenvalue weighted by molar-refractivity contribution is -0.141. The highest BCUT2D eigenvalue weighted by atomic mass is 35.5. The van der Waals surface area contributed by atoms with Crippen LogP contribution < -0.4 is 22.1 Å². The number of nitrogens with two attached hydrogens (primary N) is 2. The monoisotopic (exact) mass is 555 g/mol. The Balaban J connectivity index is 1.77. The zero-order chi connectivity index (χ0) is 26.2. The molecule has 36 heavy (non-hydrogen) atoms. The molecule has 4 rings (SSSR count). The number of nitrogens with one attached hydrogen (secondary N) is 1. The van der Waals surface area contributed by atoms with Crippen molar-refractivity contribution in [1.29, 1.82) is 0 Å². The van der Waals surface area contributed by atoms with Gasteiger partial charge in [0.05, 0.1) is 15.7 Å². The number of pyridine rings is 1. The number of hydrogen-bond donors (Lipinski definition) is 3. The van der Waals surface area contributed by atoms with Gasteiger partial charge in [0, 0.05) is 40.8 Å². The van der Waals surface area contributed by atoms with Crippen molar-refractivity contribution in [2.24, 2.45) is 11.6 Å². The number of rotatable bonds is 5. The number of nitrogens with zero attached hydrogens (tertiary/aromatic N) is 2. The van der Waals surface area contributed by atoms with Crippen LogP contribution in [0.4, 0.5) is 18.9 Å². The molecule has 0 radical (unpaired) electrons. The van der Waals surface area contributed by atoms with Crippen LogP contribution in [-0.2, 0) is 19.3 Å². The molecule has 0 bridgehead atoms. The Labute approximate surface area is 217 Å². The summed E-state index contributed by atoms with van der Waals surface area (Å²) >= 11 is 13.1. The third-order valence-corrected chi connectivity index (χ3v) is 7.46. The number of H-pyrrole nitrogens is 1. The summed E-state index contributed by atoms with van der Waals surface area (Å²) in [5.41, 5.74) is 4.57. The van der Waals surface area contributed by atoms with Gasteiger partial charge in [0.2, 0.25) is 0 Å². The first-order chi connectivity index (χ1) is 17.0. The third-order valence-electron chi connectivity index (χ3n) is 5.42. The predicted octanol–water partition coefficient (Wildman–Crippen LogP) is 5.12. The number of hydrogen-bond acceptors (Lipinski definition) is 6. The third kappa shape index (κ3) is 5.05. The molecule has 2 aromatic carbocycles. The van der Waals surface area contributed by atoms with E-state index in [1.54, 1.807) is 29.2 Å². The molecule has 0 unspecified atom stereocenters. The summed E-state index contributed by atoms with van der Waals surface area (Å²) in [6.07, 6.45) is -2.16. The topological polar surface area (TPSA) is 108 Å². The summed E-state index contributed by atoms with van der Waals surface area (Å²) < 4.78 is 40.4. The quantitative estimate of drug-likeness (QED) is 0.298. The predicted molar refractivity (Wildman–Crippen MR) is 133 cm³/mol. The maximum Gasteiger partial charge on any atom is 0.431 e. The second-order valence-electron chi connectivity index (χ2n) is 7.73. The highest BCUT2D eigenvalue weighted by Crippen LogP contribution is 2.41. The number of alkyl halides is 3. The van der Waals surface area contributed by atoms with E-state index in [1.165, 1.54) is 34.4 Å². The van der Waals surface area contributed by atoms with E-state index in [9.17, 15) is 22.8 Å². The number of fused-ring (bicyclic) bond motifs is 1. The Kier molecular flexibility index (Phi) is 7.28. The van der Waals surface area contributed by atoms with Gasteiger partial charge in [-0.2, -0.15) is 13.2 Å². The fourth-order valence-corrected chi connectivity index (χ4v) is 5.42. The van der Waals surface area contributed by atoms with E-state index >= 15 is 0 Å². The van der Waals surface area contributed by atoms with Gasteiger partial charge in [-0.15, -0.1) is 0 Å². The molecule has 5 N–H and O–H groups in total. The zero-order valence-corrected chi connectivity index (χ0v) is 20.6. The normalized spacial score (nSPS) is 13.3. The molecule has 7 nitrogen and oxygen atoms in total. The van der Waals surface area contributed by atoms with Gasteiger partial charge in [-0.1, -0.05) is 53.2 Å². The van der Waals surface area contributed by atoms with E-state index in [1.807, 2.05) is 0 Å². The van der Waals surface area contributed by atoms with Crippen molar-refractivity contribution >= 4 is 46.6 Å². The maximum atomic E-state index is 13.6. The number of benzene rings is 2. The van der Waals surface area contributed by atoms with Crippen LogP contribution >= 0.6 is 35.0 Å². The lowest BCUT2D eigenvalue weighted by atomic mass is 10.1. The van der Waals surface area contributed by atoms with Crippen LogP contribution in [0.5, 0.6) is 0 Å². The molecule has 0 atom stereocenters. The lowest BCUT2D eigenvalue weighted by Crippen LogP contribution is -2.33. The van der Waals surface area contributed by atoms with Gasteiger partial charge in [-0.3, -0.25) is 14.6 Å². The Hall–Kier alpha value is -3.12. The van der Waals surface area contributed by atoms with Crippen molar-refractivity contribution < 1.29 is 18.0 Å². The molecule has 1 aromatic heterocycles. The van der Waals surface area contributed by atoms with Crippen LogP contribution in [0.25, 0.3) is 0 Å². The Morgan fingerprint density at radius 1 is 1.14 bits per heavy atom. The van der Waals surface area contributed by atoms with Crippen molar-refractivity contribution in [2.75, 3.05) is 5.01 Å². The summed E-state index contributed by atoms with van der Waals surface area (Å²) in [5.74, 6) is 5.25. The molecule has 0 aliphatic carbocycles. The number of hydrazine groups is 1. The molecule has 188 valence electrons. The molecule has 2 heterocycles. The Morgan fingerprint density at radius 3 is 2.44 bits per heavy atom. The van der Waals surface area contributed by atoms with Crippen LogP contribution in [0.15, 0.2) is 69.4 Å². The number of aromatic amines is 1. The molecule has 1 aliphatic heterocycles. The standard InChI is InChI=1S/C23H18Cl2F3N5O2S/c24-14-4-2-5-15(25)20(14)36-17-9-18(23(26,27)28)31-21(34)19(17)22(35)32-10-12-3-1-6-16(13(12)11-32)33(30)8-7-29/h1-9H,10-11,29-30H2,(H,31,34)/b8-7-. The van der Waals surface area contributed by atoms with Crippen LogP contribution in [-0.4, -0.2) is 15.8 Å². The first-order valence-electron chi connectivity index (χ1n) is 10.3. The first-order valence-corrected chi connectivity index (χ1v) is 11.9. The fraction of sp³-hybridized carbons (Fsp3) is 0.130. The van der Waals surface area contributed by atoms with E-state index in [0.717, 1.165) is 11.1 Å². The number of anilines is 1. The number of amides is 1. The van der Waals surface area contributed by atoms with E-state index in [0.29, 0.717) is 23.5 Å². The lowest BCUT2D eigenvalue weighted by Gasteiger charge is -2.20. The van der Waals surface area contributed by atoms with Crippen LogP contribution in [0.2, 0.25) is 10.0 Å². The molecule has 0 spiro atoms. The molecule has 1 aliphatic rings. The molecular weight excluding hydrogens is 538 g/mol. The van der Waals surface area contributed by atoms with Crippen molar-refractivity contribution in [2.45, 2.75) is 29.1 Å². The number of carbonyl (C=O) groups excluding carboxylic acids is 1. The number of carbonyl (C=O) groups is 1. The van der Waals surface area contributed by atoms with Crippen LogP contribution in [0.3, 0.4) is 0 Å². The highest BCUT2D eigenvalue weighted by Gasteiger charge is 2.36. The average molecular weight is 556 g/mol. The van der Waals surface area contributed by atoms with Gasteiger partial charge < -0.3 is 15.6 Å². The molecule has 3 aromatic rings. The molecule has 0 saturated carbocycles. The SMILES string of the molecule is N/C=C\N(N)c1cccc2c1CN(C(=O)c1c(Sc3c(Cl)cccc3Cl)cc(C(F)(F)F)[nH]c1=O)C2. The fourth-order valence-electron chi connectivity index (χ4n) is 3.78. The number of aromatic nitrogens is 1. The van der Waals surface area contributed by atoms with Gasteiger partial charge >= 0.3 is 6.18 Å². The van der Waals surface area contributed by atoms with E-state index in [-0.39, 0.29) is 32.9 Å². The number of halogens is 5. The van der Waals surface area contributed by atoms with Gasteiger partial charge in [-0.25, -0.2) is 5.84 Å². The summed E-state index contributed by atoms with van der Waals surface area (Å²) in [6, 6.07) is 10.6. The summed E-state index contributed by atoms with van der Waals surface area (Å²) in [4.78, 5) is 29.5. The second-order valence-corrected chi connectivity index (χ2v) is 9.59. The average Bonchev–Trinajstić information content (AvgIpc) is 3.25. The van der Waals surface area contributed by atoms with E-state index in [2.05, 4.69) is 0 Å². The Morgan fingerprint density at radius 2 is 1.81 bits per heavy atom. The highest BCUT2D eigenvalue weighted by molar-refractivity contribution is 7.99. The molecule has 13 heteroatoms. The minimum atomic E-state index is -4.85. The van der Waals surface area contributed by atoms with Crippen LogP contribution in [0.1, 0.15) is 27.2 Å².